The van der Waals surface area contributed by atoms with E-state index in [0.29, 0.717) is 31.4 Å². The van der Waals surface area contributed by atoms with E-state index in [1.54, 1.807) is 5.38 Å². The quantitative estimate of drug-likeness (QED) is 0.876. The number of rotatable bonds is 4. The van der Waals surface area contributed by atoms with Crippen molar-refractivity contribution >= 4 is 17.2 Å². The van der Waals surface area contributed by atoms with Gasteiger partial charge in [0, 0.05) is 17.5 Å². The van der Waals surface area contributed by atoms with E-state index >= 15 is 0 Å². The van der Waals surface area contributed by atoms with Crippen LogP contribution in [0.2, 0.25) is 0 Å². The molecule has 0 radical (unpaired) electrons. The number of thiazole rings is 1. The highest BCUT2D eigenvalue weighted by Crippen LogP contribution is 2.35. The molecule has 4 rings (SSSR count). The molecule has 1 saturated heterocycles. The van der Waals surface area contributed by atoms with E-state index in [1.807, 2.05) is 18.2 Å². The molecule has 2 aromatic rings. The first-order valence-corrected chi connectivity index (χ1v) is 9.52. The van der Waals surface area contributed by atoms with E-state index in [9.17, 15) is 4.79 Å². The first kappa shape index (κ1) is 16.4. The lowest BCUT2D eigenvalue weighted by molar-refractivity contribution is 0.0940. The monoisotopic (exact) mass is 359 g/mol. The number of amides is 1. The predicted octanol–water partition coefficient (Wildman–Crippen LogP) is 2.31. The number of nitrogens with zero attached hydrogens (tertiary/aromatic N) is 1. The zero-order chi connectivity index (χ0) is 17.1. The summed E-state index contributed by atoms with van der Waals surface area (Å²) in [4.78, 5) is 16.8. The molecule has 2 aliphatic heterocycles. The minimum absolute atomic E-state index is 0.106. The molecule has 1 atom stereocenters. The maximum absolute atomic E-state index is 12.3. The van der Waals surface area contributed by atoms with Crippen LogP contribution in [-0.2, 0) is 0 Å². The maximum atomic E-state index is 12.3. The van der Waals surface area contributed by atoms with Crippen LogP contribution in [0.15, 0.2) is 23.6 Å². The second-order valence-corrected chi connectivity index (χ2v) is 7.18. The van der Waals surface area contributed by atoms with Crippen LogP contribution in [-0.4, -0.2) is 43.7 Å². The minimum atomic E-state index is -0.106. The van der Waals surface area contributed by atoms with Crippen molar-refractivity contribution in [1.29, 1.82) is 0 Å². The summed E-state index contributed by atoms with van der Waals surface area (Å²) in [6.45, 7) is 3.88. The normalized spacial score (nSPS) is 19.4. The summed E-state index contributed by atoms with van der Waals surface area (Å²) in [6, 6.07) is 5.76. The van der Waals surface area contributed by atoms with Gasteiger partial charge < -0.3 is 20.1 Å². The summed E-state index contributed by atoms with van der Waals surface area (Å²) in [5.41, 5.74) is 1.41. The molecule has 0 bridgehead atoms. The number of aromatic nitrogens is 1. The van der Waals surface area contributed by atoms with E-state index in [2.05, 4.69) is 15.6 Å². The van der Waals surface area contributed by atoms with E-state index in [1.165, 1.54) is 17.8 Å². The fourth-order valence-electron chi connectivity index (χ4n) is 3.11. The summed E-state index contributed by atoms with van der Waals surface area (Å²) in [5.74, 6) is 1.89. The SMILES string of the molecule is O=C(NCC1CCCNC1)c1csc(-c2ccc3c(c2)OCCO3)n1. The van der Waals surface area contributed by atoms with Gasteiger partial charge in [0.1, 0.15) is 23.9 Å². The number of ether oxygens (including phenoxy) is 2. The fourth-order valence-corrected chi connectivity index (χ4v) is 3.91. The molecule has 1 unspecified atom stereocenters. The summed E-state index contributed by atoms with van der Waals surface area (Å²) < 4.78 is 11.1. The number of carbonyl (C=O) groups is 1. The van der Waals surface area contributed by atoms with Gasteiger partial charge in [-0.2, -0.15) is 0 Å². The molecule has 25 heavy (non-hydrogen) atoms. The van der Waals surface area contributed by atoms with Crippen LogP contribution < -0.4 is 20.1 Å². The molecule has 3 heterocycles. The van der Waals surface area contributed by atoms with Gasteiger partial charge in [-0.15, -0.1) is 11.3 Å². The zero-order valence-corrected chi connectivity index (χ0v) is 14.7. The Morgan fingerprint density at radius 3 is 3.04 bits per heavy atom. The first-order chi connectivity index (χ1) is 12.3. The highest BCUT2D eigenvalue weighted by Gasteiger charge is 2.18. The third-order valence-corrected chi connectivity index (χ3v) is 5.37. The van der Waals surface area contributed by atoms with Gasteiger partial charge in [0.2, 0.25) is 0 Å². The van der Waals surface area contributed by atoms with Gasteiger partial charge in [-0.3, -0.25) is 4.79 Å². The van der Waals surface area contributed by atoms with E-state index < -0.39 is 0 Å². The Morgan fingerprint density at radius 2 is 2.20 bits per heavy atom. The Kier molecular flexibility index (Phi) is 4.85. The van der Waals surface area contributed by atoms with Crippen molar-refractivity contribution in [2.75, 3.05) is 32.8 Å². The van der Waals surface area contributed by atoms with Crippen molar-refractivity contribution in [3.05, 3.63) is 29.3 Å². The molecule has 7 heteroatoms. The summed E-state index contributed by atoms with van der Waals surface area (Å²) in [7, 11) is 0. The number of fused-ring (bicyclic) bond motifs is 1. The summed E-state index contributed by atoms with van der Waals surface area (Å²) >= 11 is 1.46. The van der Waals surface area contributed by atoms with Crippen molar-refractivity contribution in [2.24, 2.45) is 5.92 Å². The molecule has 132 valence electrons. The van der Waals surface area contributed by atoms with Gasteiger partial charge in [0.05, 0.1) is 0 Å². The second kappa shape index (κ2) is 7.41. The number of piperidine rings is 1. The molecular formula is C18H21N3O3S. The van der Waals surface area contributed by atoms with Crippen molar-refractivity contribution in [3.63, 3.8) is 0 Å². The highest BCUT2D eigenvalue weighted by molar-refractivity contribution is 7.13. The van der Waals surface area contributed by atoms with Gasteiger partial charge in [-0.05, 0) is 50.0 Å². The van der Waals surface area contributed by atoms with Crippen LogP contribution in [0.1, 0.15) is 23.3 Å². The van der Waals surface area contributed by atoms with Crippen molar-refractivity contribution < 1.29 is 14.3 Å². The van der Waals surface area contributed by atoms with E-state index in [-0.39, 0.29) is 5.91 Å². The van der Waals surface area contributed by atoms with E-state index in [4.69, 9.17) is 9.47 Å². The standard InChI is InChI=1S/C18H21N3O3S/c22-17(20-10-12-2-1-5-19-9-12)14-11-25-18(21-14)13-3-4-15-16(8-13)24-7-6-23-15/h3-4,8,11-12,19H,1-2,5-7,9-10H2,(H,20,22). The largest absolute Gasteiger partial charge is 0.486 e. The number of nitrogens with one attached hydrogen (secondary N) is 2. The van der Waals surface area contributed by atoms with Crippen LogP contribution in [0.3, 0.4) is 0 Å². The maximum Gasteiger partial charge on any atom is 0.270 e. The molecule has 0 spiro atoms. The van der Waals surface area contributed by atoms with Gasteiger partial charge in [0.25, 0.3) is 5.91 Å². The lowest BCUT2D eigenvalue weighted by atomic mass is 10.00. The van der Waals surface area contributed by atoms with Crippen molar-refractivity contribution in [3.8, 4) is 22.1 Å². The average molecular weight is 359 g/mol. The zero-order valence-electron chi connectivity index (χ0n) is 13.9. The van der Waals surface area contributed by atoms with Gasteiger partial charge >= 0.3 is 0 Å². The molecule has 1 amide bonds. The number of hydrogen-bond acceptors (Lipinski definition) is 6. The Hall–Kier alpha value is -2.12. The topological polar surface area (TPSA) is 72.5 Å². The van der Waals surface area contributed by atoms with Gasteiger partial charge in [-0.25, -0.2) is 4.98 Å². The summed E-state index contributed by atoms with van der Waals surface area (Å²) in [6.07, 6.45) is 2.33. The van der Waals surface area contributed by atoms with Crippen molar-refractivity contribution in [2.45, 2.75) is 12.8 Å². The van der Waals surface area contributed by atoms with Crippen LogP contribution in [0.5, 0.6) is 11.5 Å². The lowest BCUT2D eigenvalue weighted by Crippen LogP contribution is -2.38. The van der Waals surface area contributed by atoms with Gasteiger partial charge in [-0.1, -0.05) is 0 Å². The van der Waals surface area contributed by atoms with Crippen LogP contribution in [0.4, 0.5) is 0 Å². The molecule has 6 nitrogen and oxygen atoms in total. The van der Waals surface area contributed by atoms with Crippen LogP contribution in [0, 0.1) is 5.92 Å². The van der Waals surface area contributed by atoms with Gasteiger partial charge in [0.15, 0.2) is 11.5 Å². The Balaban J connectivity index is 1.42. The number of carbonyl (C=O) groups excluding carboxylic acids is 1. The Morgan fingerprint density at radius 1 is 1.32 bits per heavy atom. The second-order valence-electron chi connectivity index (χ2n) is 6.32. The predicted molar refractivity (Wildman–Crippen MR) is 96.5 cm³/mol. The number of benzene rings is 1. The smallest absolute Gasteiger partial charge is 0.270 e. The van der Waals surface area contributed by atoms with Crippen LogP contribution >= 0.6 is 11.3 Å². The Labute approximate surface area is 150 Å². The third kappa shape index (κ3) is 3.77. The molecule has 0 saturated carbocycles. The molecular weight excluding hydrogens is 338 g/mol. The lowest BCUT2D eigenvalue weighted by Gasteiger charge is -2.22. The average Bonchev–Trinajstić information content (AvgIpc) is 3.17. The summed E-state index contributed by atoms with van der Waals surface area (Å²) in [5, 5.41) is 8.98. The molecule has 1 aromatic heterocycles. The fraction of sp³-hybridized carbons (Fsp3) is 0.444. The van der Waals surface area contributed by atoms with Crippen molar-refractivity contribution in [1.82, 2.24) is 15.6 Å². The molecule has 1 aromatic carbocycles. The molecule has 2 N–H and O–H groups in total. The first-order valence-electron chi connectivity index (χ1n) is 8.64. The van der Waals surface area contributed by atoms with Crippen LogP contribution in [0.25, 0.3) is 10.6 Å². The molecule has 2 aliphatic rings. The third-order valence-electron chi connectivity index (χ3n) is 4.48. The Bertz CT molecular complexity index is 756. The highest BCUT2D eigenvalue weighted by atomic mass is 32.1. The number of hydrogen-bond donors (Lipinski definition) is 2. The molecule has 0 aliphatic carbocycles. The van der Waals surface area contributed by atoms with E-state index in [0.717, 1.165) is 41.6 Å². The minimum Gasteiger partial charge on any atom is -0.486 e. The molecule has 1 fully saturated rings.